The molecule has 1 aromatic rings. The maximum Gasteiger partial charge on any atom is 0.473 e. The van der Waals surface area contributed by atoms with Crippen LogP contribution in [0.5, 0.6) is 0 Å². The molecule has 39 heavy (non-hydrogen) atoms. The van der Waals surface area contributed by atoms with E-state index in [4.69, 9.17) is 9.57 Å². The molecule has 11 heteroatoms. The summed E-state index contributed by atoms with van der Waals surface area (Å²) in [6.45, 7) is 7.10. The third kappa shape index (κ3) is 11.4. The third-order valence-corrected chi connectivity index (χ3v) is 6.09. The van der Waals surface area contributed by atoms with Crippen LogP contribution >= 0.6 is 0 Å². The Morgan fingerprint density at radius 2 is 1.74 bits per heavy atom. The molecular formula is C28H40F3N3O5. The first-order valence-corrected chi connectivity index (χ1v) is 13.4. The maximum absolute atomic E-state index is 13.4. The molecule has 1 fully saturated rings. The number of allylic oxidation sites excluding steroid dienone is 1. The van der Waals surface area contributed by atoms with E-state index < -0.39 is 42.0 Å². The third-order valence-electron chi connectivity index (χ3n) is 6.09. The van der Waals surface area contributed by atoms with Crippen molar-refractivity contribution in [3.8, 4) is 0 Å². The van der Waals surface area contributed by atoms with Crippen LogP contribution in [0.3, 0.4) is 0 Å². The number of carbonyl (C=O) groups is 3. The zero-order valence-corrected chi connectivity index (χ0v) is 23.0. The van der Waals surface area contributed by atoms with Crippen molar-refractivity contribution < 1.29 is 37.1 Å². The normalized spacial score (nSPS) is 17.7. The minimum absolute atomic E-state index is 0.0754. The molecule has 1 heterocycles. The lowest BCUT2D eigenvalue weighted by Crippen LogP contribution is -2.55. The first-order chi connectivity index (χ1) is 18.4. The Labute approximate surface area is 228 Å². The second-order valence-corrected chi connectivity index (χ2v) is 10.6. The summed E-state index contributed by atoms with van der Waals surface area (Å²) in [4.78, 5) is 44.3. The zero-order chi connectivity index (χ0) is 29.0. The van der Waals surface area contributed by atoms with Gasteiger partial charge in [0.1, 0.15) is 0 Å². The van der Waals surface area contributed by atoms with Crippen LogP contribution in [0.15, 0.2) is 36.4 Å². The van der Waals surface area contributed by atoms with Crippen LogP contribution < -0.4 is 10.9 Å². The lowest BCUT2D eigenvalue weighted by atomic mass is 9.82. The van der Waals surface area contributed by atoms with Crippen molar-refractivity contribution in [1.82, 2.24) is 15.9 Å². The fourth-order valence-corrected chi connectivity index (χ4v) is 4.25. The molecule has 2 N–H and O–H groups in total. The highest BCUT2D eigenvalue weighted by molar-refractivity contribution is 5.90. The largest absolute Gasteiger partial charge is 0.473 e. The van der Waals surface area contributed by atoms with Gasteiger partial charge in [0, 0.05) is 19.6 Å². The Bertz CT molecular complexity index is 948. The van der Waals surface area contributed by atoms with Gasteiger partial charge in [-0.05, 0) is 43.1 Å². The van der Waals surface area contributed by atoms with Gasteiger partial charge in [-0.1, -0.05) is 70.2 Å². The minimum Gasteiger partial charge on any atom is -0.350 e. The molecule has 0 saturated carbocycles. The number of carbonyl (C=O) groups excluding carboxylic acids is 3. The SMILES string of the molecule is CC(C)C[C@@H](C(=O)NN(CC(C)C)C(=O)C(F)(F)F)[C@H](C/C=C/c1ccccc1)C(=O)NOC1CCCCO1. The molecule has 2 rings (SSSR count). The molecule has 1 aliphatic rings. The van der Waals surface area contributed by atoms with Gasteiger partial charge < -0.3 is 4.74 Å². The van der Waals surface area contributed by atoms with E-state index in [-0.39, 0.29) is 31.2 Å². The van der Waals surface area contributed by atoms with Crippen LogP contribution in [0.1, 0.15) is 65.4 Å². The number of alkyl halides is 3. The van der Waals surface area contributed by atoms with Gasteiger partial charge in [-0.15, -0.1) is 0 Å². The first kappa shape index (κ1) is 32.3. The average molecular weight is 556 g/mol. The van der Waals surface area contributed by atoms with Gasteiger partial charge in [0.15, 0.2) is 6.29 Å². The Morgan fingerprint density at radius 1 is 1.05 bits per heavy atom. The van der Waals surface area contributed by atoms with E-state index in [2.05, 4.69) is 10.9 Å². The fraction of sp³-hybridized carbons (Fsp3) is 0.607. The lowest BCUT2D eigenvalue weighted by Gasteiger charge is -2.31. The van der Waals surface area contributed by atoms with Crippen molar-refractivity contribution in [2.24, 2.45) is 23.7 Å². The van der Waals surface area contributed by atoms with Gasteiger partial charge in [0.2, 0.25) is 11.8 Å². The van der Waals surface area contributed by atoms with Crippen LogP contribution in [0.4, 0.5) is 13.2 Å². The molecular weight excluding hydrogens is 515 g/mol. The van der Waals surface area contributed by atoms with Gasteiger partial charge in [-0.3, -0.25) is 19.8 Å². The summed E-state index contributed by atoms with van der Waals surface area (Å²) in [7, 11) is 0. The molecule has 0 spiro atoms. The van der Waals surface area contributed by atoms with E-state index in [1.807, 2.05) is 44.2 Å². The molecule has 0 radical (unpaired) electrons. The number of benzene rings is 1. The maximum atomic E-state index is 13.4. The molecule has 0 aromatic heterocycles. The second-order valence-electron chi connectivity index (χ2n) is 10.6. The van der Waals surface area contributed by atoms with Crippen molar-refractivity contribution in [2.45, 2.75) is 72.3 Å². The van der Waals surface area contributed by atoms with Crippen molar-refractivity contribution in [1.29, 1.82) is 0 Å². The highest BCUT2D eigenvalue weighted by Crippen LogP contribution is 2.27. The number of nitrogens with one attached hydrogen (secondary N) is 2. The van der Waals surface area contributed by atoms with E-state index in [1.54, 1.807) is 26.0 Å². The molecule has 218 valence electrons. The van der Waals surface area contributed by atoms with Crippen molar-refractivity contribution in [3.63, 3.8) is 0 Å². The Balaban J connectivity index is 2.30. The summed E-state index contributed by atoms with van der Waals surface area (Å²) in [5.41, 5.74) is 5.45. The Morgan fingerprint density at radius 3 is 2.31 bits per heavy atom. The van der Waals surface area contributed by atoms with Gasteiger partial charge in [-0.2, -0.15) is 13.2 Å². The molecule has 0 aliphatic carbocycles. The number of hydroxylamine groups is 1. The van der Waals surface area contributed by atoms with Crippen LogP contribution in [-0.4, -0.2) is 48.3 Å². The smallest absolute Gasteiger partial charge is 0.350 e. The number of hydrogen-bond donors (Lipinski definition) is 2. The highest BCUT2D eigenvalue weighted by Gasteiger charge is 2.44. The molecule has 3 atom stereocenters. The summed E-state index contributed by atoms with van der Waals surface area (Å²) < 4.78 is 45.3. The standard InChI is InChI=1S/C28H40F3N3O5/c1-19(2)17-23(25(35)32-34(18-20(3)4)27(37)28(29,30)31)22(14-10-13-21-11-6-5-7-12-21)26(36)33-39-24-15-8-9-16-38-24/h5-7,10-13,19-20,22-24H,8-9,14-18H2,1-4H3,(H,32,35)(H,33,36)/b13-10+/t22-,23+,24?/m0/s1. The highest BCUT2D eigenvalue weighted by atomic mass is 19.4. The number of amides is 3. The number of hydrogen-bond acceptors (Lipinski definition) is 5. The summed E-state index contributed by atoms with van der Waals surface area (Å²) >= 11 is 0. The minimum atomic E-state index is -5.17. The molecule has 1 saturated heterocycles. The second kappa shape index (κ2) is 15.6. The number of ether oxygens (including phenoxy) is 1. The number of hydrazine groups is 1. The van der Waals surface area contributed by atoms with Gasteiger partial charge in [0.05, 0.1) is 11.8 Å². The molecule has 1 unspecified atom stereocenters. The number of nitrogens with zero attached hydrogens (tertiary/aromatic N) is 1. The average Bonchev–Trinajstić information content (AvgIpc) is 2.88. The van der Waals surface area contributed by atoms with Crippen molar-refractivity contribution in [3.05, 3.63) is 42.0 Å². The molecule has 0 bridgehead atoms. The summed E-state index contributed by atoms with van der Waals surface area (Å²) in [6, 6.07) is 9.34. The number of rotatable bonds is 12. The van der Waals surface area contributed by atoms with Crippen LogP contribution in [0, 0.1) is 23.7 Å². The summed E-state index contributed by atoms with van der Waals surface area (Å²) in [5.74, 6) is -6.07. The summed E-state index contributed by atoms with van der Waals surface area (Å²) in [5, 5.41) is 0.293. The summed E-state index contributed by atoms with van der Waals surface area (Å²) in [6.07, 6.45) is 0.417. The molecule has 8 nitrogen and oxygen atoms in total. The zero-order valence-electron chi connectivity index (χ0n) is 23.0. The predicted molar refractivity (Wildman–Crippen MR) is 140 cm³/mol. The Kier molecular flexibility index (Phi) is 12.9. The van der Waals surface area contributed by atoms with Crippen LogP contribution in [0.2, 0.25) is 0 Å². The van der Waals surface area contributed by atoms with Gasteiger partial charge in [-0.25, -0.2) is 15.3 Å². The quantitative estimate of drug-likeness (QED) is 0.353. The van der Waals surface area contributed by atoms with Gasteiger partial charge >= 0.3 is 12.1 Å². The van der Waals surface area contributed by atoms with E-state index in [1.165, 1.54) is 0 Å². The Hall–Kier alpha value is -2.92. The molecule has 1 aliphatic heterocycles. The van der Waals surface area contributed by atoms with E-state index in [9.17, 15) is 27.6 Å². The van der Waals surface area contributed by atoms with Crippen molar-refractivity contribution in [2.75, 3.05) is 13.2 Å². The molecule has 1 aromatic carbocycles. The number of halogens is 3. The van der Waals surface area contributed by atoms with E-state index >= 15 is 0 Å². The van der Waals surface area contributed by atoms with E-state index in [0.29, 0.717) is 18.0 Å². The lowest BCUT2D eigenvalue weighted by molar-refractivity contribution is -0.203. The molecule has 3 amide bonds. The van der Waals surface area contributed by atoms with Crippen LogP contribution in [-0.2, 0) is 24.0 Å². The first-order valence-electron chi connectivity index (χ1n) is 13.4. The van der Waals surface area contributed by atoms with E-state index in [0.717, 1.165) is 18.4 Å². The topological polar surface area (TPSA) is 97.0 Å². The fourth-order valence-electron chi connectivity index (χ4n) is 4.25. The monoisotopic (exact) mass is 555 g/mol. The predicted octanol–water partition coefficient (Wildman–Crippen LogP) is 5.02. The van der Waals surface area contributed by atoms with Gasteiger partial charge in [0.25, 0.3) is 0 Å². The van der Waals surface area contributed by atoms with Crippen molar-refractivity contribution >= 4 is 23.8 Å². The van der Waals surface area contributed by atoms with Crippen LogP contribution in [0.25, 0.3) is 6.08 Å².